The zero-order valence-electron chi connectivity index (χ0n) is 21.2. The monoisotopic (exact) mass is 597 g/mol. The Balaban J connectivity index is 1.64. The fraction of sp³-hybridized carbons (Fsp3) is 0.333. The Labute approximate surface area is 231 Å². The predicted molar refractivity (Wildman–Crippen MR) is 143 cm³/mol. The predicted octanol–water partition coefficient (Wildman–Crippen LogP) is 6.11. The molecular weight excluding hydrogens is 574 g/mol. The van der Waals surface area contributed by atoms with Crippen LogP contribution in [-0.4, -0.2) is 40.5 Å². The zero-order valence-corrected chi connectivity index (χ0v) is 22.8. The van der Waals surface area contributed by atoms with E-state index in [1.54, 1.807) is 12.1 Å². The van der Waals surface area contributed by atoms with Gasteiger partial charge in [-0.3, -0.25) is 29.8 Å². The number of benzene rings is 2. The van der Waals surface area contributed by atoms with Crippen molar-refractivity contribution in [2.24, 2.45) is 0 Å². The summed E-state index contributed by atoms with van der Waals surface area (Å²) in [5.41, 5.74) is 2.73. The summed E-state index contributed by atoms with van der Waals surface area (Å²) in [6.07, 6.45) is 3.79. The van der Waals surface area contributed by atoms with Crippen molar-refractivity contribution in [1.29, 1.82) is 0 Å². The van der Waals surface area contributed by atoms with Gasteiger partial charge >= 0.3 is 5.69 Å². The van der Waals surface area contributed by atoms with Crippen molar-refractivity contribution in [3.05, 3.63) is 83.1 Å². The molecular formula is C27H24BrN3O8. The fourth-order valence-corrected chi connectivity index (χ4v) is 6.19. The van der Waals surface area contributed by atoms with Crippen LogP contribution in [0.3, 0.4) is 0 Å². The molecule has 1 heterocycles. The van der Waals surface area contributed by atoms with E-state index < -0.39 is 27.1 Å². The minimum absolute atomic E-state index is 0.00921. The highest BCUT2D eigenvalue weighted by Gasteiger charge is 2.42. The number of allylic oxidation sites excluding steroid dienone is 4. The largest absolute Gasteiger partial charge is 0.493 e. The maximum atomic E-state index is 13.3. The van der Waals surface area contributed by atoms with Gasteiger partial charge in [0.25, 0.3) is 5.69 Å². The van der Waals surface area contributed by atoms with Crippen LogP contribution in [-0.2, 0) is 9.59 Å². The second-order valence-corrected chi connectivity index (χ2v) is 10.4. The van der Waals surface area contributed by atoms with Crippen LogP contribution >= 0.6 is 15.9 Å². The Bertz CT molecular complexity index is 1470. The molecule has 0 atom stereocenters. The minimum atomic E-state index is -0.763. The van der Waals surface area contributed by atoms with Gasteiger partial charge in [-0.2, -0.15) is 0 Å². The first kappa shape index (κ1) is 26.5. The number of rotatable bonds is 6. The van der Waals surface area contributed by atoms with E-state index in [0.29, 0.717) is 34.0 Å². The highest BCUT2D eigenvalue weighted by Crippen LogP contribution is 2.51. The van der Waals surface area contributed by atoms with Gasteiger partial charge in [0.15, 0.2) is 23.1 Å². The number of nitro groups is 2. The second kappa shape index (κ2) is 10.3. The topological polar surface area (TPSA) is 142 Å². The number of hydrogen-bond donors (Lipinski definition) is 0. The molecule has 3 aliphatic rings. The van der Waals surface area contributed by atoms with Crippen LogP contribution < -0.4 is 9.47 Å². The molecule has 202 valence electrons. The number of hydrogen-bond acceptors (Lipinski definition) is 9. The van der Waals surface area contributed by atoms with E-state index >= 15 is 0 Å². The van der Waals surface area contributed by atoms with Crippen molar-refractivity contribution in [3.8, 4) is 17.2 Å². The van der Waals surface area contributed by atoms with Crippen molar-refractivity contribution in [1.82, 2.24) is 4.90 Å². The molecule has 1 aliphatic heterocycles. The Morgan fingerprint density at radius 1 is 0.897 bits per heavy atom. The molecule has 0 radical (unpaired) electrons. The molecule has 5 rings (SSSR count). The van der Waals surface area contributed by atoms with E-state index in [4.69, 9.17) is 9.47 Å². The third-order valence-electron chi connectivity index (χ3n) is 7.39. The number of nitro benzene ring substituents is 2. The maximum Gasteiger partial charge on any atom is 0.318 e. The summed E-state index contributed by atoms with van der Waals surface area (Å²) in [7, 11) is 3.33. The first-order valence-electron chi connectivity index (χ1n) is 12.4. The summed E-state index contributed by atoms with van der Waals surface area (Å²) in [6.45, 7) is 0. The molecule has 0 saturated heterocycles. The Kier molecular flexibility index (Phi) is 6.98. The van der Waals surface area contributed by atoms with Gasteiger partial charge in [0.1, 0.15) is 0 Å². The van der Waals surface area contributed by atoms with Crippen molar-refractivity contribution in [2.45, 2.75) is 44.4 Å². The minimum Gasteiger partial charge on any atom is -0.493 e. The van der Waals surface area contributed by atoms with Gasteiger partial charge in [-0.05, 0) is 65.4 Å². The van der Waals surface area contributed by atoms with Crippen molar-refractivity contribution in [2.75, 3.05) is 14.2 Å². The molecule has 11 nitrogen and oxygen atoms in total. The van der Waals surface area contributed by atoms with Crippen LogP contribution in [0.5, 0.6) is 17.2 Å². The molecule has 0 bridgehead atoms. The molecule has 12 heteroatoms. The maximum absolute atomic E-state index is 13.3. The molecule has 0 saturated carbocycles. The molecule has 0 fully saturated rings. The quantitative estimate of drug-likeness (QED) is 0.284. The van der Waals surface area contributed by atoms with Gasteiger partial charge in [-0.1, -0.05) is 0 Å². The average Bonchev–Trinajstić information content (AvgIpc) is 2.90. The van der Waals surface area contributed by atoms with Crippen molar-refractivity contribution < 1.29 is 28.9 Å². The molecule has 2 aromatic carbocycles. The number of ketones is 2. The third kappa shape index (κ3) is 4.58. The van der Waals surface area contributed by atoms with Gasteiger partial charge in [-0.25, -0.2) is 0 Å². The highest BCUT2D eigenvalue weighted by molar-refractivity contribution is 9.10. The molecule has 0 aromatic heterocycles. The van der Waals surface area contributed by atoms with Crippen molar-refractivity contribution in [3.63, 3.8) is 0 Å². The third-order valence-corrected chi connectivity index (χ3v) is 7.98. The summed E-state index contributed by atoms with van der Waals surface area (Å²) in [5.74, 6) is -0.442. The molecule has 0 N–H and O–H groups in total. The molecule has 39 heavy (non-hydrogen) atoms. The highest BCUT2D eigenvalue weighted by atomic mass is 79.9. The average molecular weight is 598 g/mol. The Morgan fingerprint density at radius 3 is 2.05 bits per heavy atom. The smallest absolute Gasteiger partial charge is 0.318 e. The van der Waals surface area contributed by atoms with Crippen LogP contribution in [0, 0.1) is 20.2 Å². The number of carbonyl (C=O) groups excluding carboxylic acids is 2. The summed E-state index contributed by atoms with van der Waals surface area (Å²) >= 11 is 3.48. The lowest BCUT2D eigenvalue weighted by atomic mass is 9.71. The van der Waals surface area contributed by atoms with E-state index in [9.17, 15) is 29.8 Å². The van der Waals surface area contributed by atoms with Crippen LogP contribution in [0.2, 0.25) is 0 Å². The number of ether oxygens (including phenoxy) is 2. The van der Waals surface area contributed by atoms with E-state index in [1.807, 2.05) is 11.9 Å². The first-order chi connectivity index (χ1) is 18.6. The standard InChI is InChI=1S/C27H24BrN3O8/c1-29-17-5-3-7-20(32)25(17)24(26-18(29)6-4-8-21(26)33)14-11-16(28)27(23(12-14)38-2)39-22-10-9-15(30(34)35)13-19(22)31(36)37/h9-13,24H,3-8H2,1-2H3. The van der Waals surface area contributed by atoms with Gasteiger partial charge < -0.3 is 14.4 Å². The van der Waals surface area contributed by atoms with Gasteiger partial charge in [0, 0.05) is 54.4 Å². The van der Waals surface area contributed by atoms with Crippen molar-refractivity contribution >= 4 is 38.9 Å². The summed E-state index contributed by atoms with van der Waals surface area (Å²) in [4.78, 5) is 49.8. The Morgan fingerprint density at radius 2 is 1.51 bits per heavy atom. The number of carbonyl (C=O) groups is 2. The van der Waals surface area contributed by atoms with E-state index in [-0.39, 0.29) is 28.8 Å². The summed E-state index contributed by atoms with van der Waals surface area (Å²) in [5, 5.41) is 22.7. The van der Waals surface area contributed by atoms with Crippen LogP contribution in [0.1, 0.15) is 50.0 Å². The molecule has 0 amide bonds. The van der Waals surface area contributed by atoms with Crippen LogP contribution in [0.25, 0.3) is 0 Å². The van der Waals surface area contributed by atoms with Gasteiger partial charge in [0.2, 0.25) is 5.75 Å². The molecule has 0 spiro atoms. The van der Waals surface area contributed by atoms with Gasteiger partial charge in [0.05, 0.1) is 27.5 Å². The summed E-state index contributed by atoms with van der Waals surface area (Å²) in [6, 6.07) is 6.49. The SMILES string of the molecule is COc1cc(C2C3=C(CCCC3=O)N(C)C3=C2C(=O)CCC3)cc(Br)c1Oc1ccc([N+](=O)[O-])cc1[N+](=O)[O-]. The van der Waals surface area contributed by atoms with Crippen LogP contribution in [0.15, 0.2) is 57.3 Å². The fourth-order valence-electron chi connectivity index (χ4n) is 5.65. The lowest BCUT2D eigenvalue weighted by Crippen LogP contribution is -2.37. The Hall–Kier alpha value is -4.06. The number of methoxy groups -OCH3 is 1. The number of non-ortho nitro benzene ring substituents is 1. The first-order valence-corrected chi connectivity index (χ1v) is 13.2. The van der Waals surface area contributed by atoms with Gasteiger partial charge in [-0.15, -0.1) is 0 Å². The number of halogens is 1. The number of Topliss-reactive ketones (excluding diaryl/α,β-unsaturated/α-hetero) is 2. The summed E-state index contributed by atoms with van der Waals surface area (Å²) < 4.78 is 11.8. The molecule has 2 aliphatic carbocycles. The molecule has 0 unspecified atom stereocenters. The number of nitrogens with zero attached hydrogens (tertiary/aromatic N) is 3. The van der Waals surface area contributed by atoms with Crippen LogP contribution in [0.4, 0.5) is 11.4 Å². The van der Waals surface area contributed by atoms with E-state index in [2.05, 4.69) is 15.9 Å². The van der Waals surface area contributed by atoms with E-state index in [1.165, 1.54) is 7.11 Å². The lowest BCUT2D eigenvalue weighted by molar-refractivity contribution is -0.394. The zero-order chi connectivity index (χ0) is 28.0. The molecule has 2 aromatic rings. The lowest BCUT2D eigenvalue weighted by Gasteiger charge is -2.42. The second-order valence-electron chi connectivity index (χ2n) is 9.57. The van der Waals surface area contributed by atoms with E-state index in [0.717, 1.165) is 55.3 Å². The normalized spacial score (nSPS) is 17.7.